The van der Waals surface area contributed by atoms with Crippen LogP contribution in [0.3, 0.4) is 0 Å². The molecule has 1 atom stereocenters. The summed E-state index contributed by atoms with van der Waals surface area (Å²) in [6.45, 7) is 5.85. The van der Waals surface area contributed by atoms with Crippen molar-refractivity contribution in [3.05, 3.63) is 0 Å². The number of nitrogens with two attached hydrogens (primary N) is 1. The van der Waals surface area contributed by atoms with Crippen molar-refractivity contribution < 1.29 is 9.90 Å². The molecule has 4 heteroatoms. The monoisotopic (exact) mass is 298 g/mol. The van der Waals surface area contributed by atoms with Gasteiger partial charge in [0.05, 0.1) is 0 Å². The average Bonchev–Trinajstić information content (AvgIpc) is 2.45. The summed E-state index contributed by atoms with van der Waals surface area (Å²) in [6, 6.07) is 0. The van der Waals surface area contributed by atoms with Crippen molar-refractivity contribution in [3.8, 4) is 0 Å². The number of rotatable bonds is 9. The lowest BCUT2D eigenvalue weighted by molar-refractivity contribution is -0.124. The summed E-state index contributed by atoms with van der Waals surface area (Å²) in [5.41, 5.74) is 5.98. The zero-order valence-corrected chi connectivity index (χ0v) is 13.9. The van der Waals surface area contributed by atoms with Crippen LogP contribution in [0.4, 0.5) is 0 Å². The lowest BCUT2D eigenvalue weighted by atomic mass is 9.71. The molecule has 1 saturated carbocycles. The Bertz CT molecular complexity index is 299. The average molecular weight is 298 g/mol. The Balaban J connectivity index is 2.40. The Kier molecular flexibility index (Phi) is 8.27. The van der Waals surface area contributed by atoms with Crippen LogP contribution in [0.5, 0.6) is 0 Å². The molecule has 0 aromatic heterocycles. The van der Waals surface area contributed by atoms with Crippen LogP contribution in [0.2, 0.25) is 0 Å². The molecular formula is C17H34N2O2. The van der Waals surface area contributed by atoms with Gasteiger partial charge in [-0.3, -0.25) is 4.79 Å². The second kappa shape index (κ2) is 9.42. The second-order valence-electron chi connectivity index (χ2n) is 7.25. The van der Waals surface area contributed by atoms with Gasteiger partial charge >= 0.3 is 0 Å². The predicted octanol–water partition coefficient (Wildman–Crippen LogP) is 2.45. The lowest BCUT2D eigenvalue weighted by Crippen LogP contribution is -2.40. The molecule has 0 saturated heterocycles. The van der Waals surface area contributed by atoms with Gasteiger partial charge in [-0.2, -0.15) is 0 Å². The molecule has 1 aliphatic carbocycles. The summed E-state index contributed by atoms with van der Waals surface area (Å²) in [4.78, 5) is 12.2. The number of carbonyl (C=O) groups excluding carboxylic acids is 1. The third-order valence-electron chi connectivity index (χ3n) is 4.81. The van der Waals surface area contributed by atoms with E-state index in [-0.39, 0.29) is 17.9 Å². The fraction of sp³-hybridized carbons (Fsp3) is 0.941. The van der Waals surface area contributed by atoms with E-state index in [0.29, 0.717) is 31.3 Å². The maximum Gasteiger partial charge on any atom is 0.220 e. The van der Waals surface area contributed by atoms with Crippen LogP contribution < -0.4 is 11.1 Å². The van der Waals surface area contributed by atoms with Gasteiger partial charge in [0.1, 0.15) is 0 Å². The molecule has 0 spiro atoms. The molecule has 4 nitrogen and oxygen atoms in total. The fourth-order valence-electron chi connectivity index (χ4n) is 3.57. The van der Waals surface area contributed by atoms with E-state index in [1.54, 1.807) is 0 Å². The minimum Gasteiger partial charge on any atom is -0.396 e. The molecule has 4 N–H and O–H groups in total. The predicted molar refractivity (Wildman–Crippen MR) is 86.8 cm³/mol. The molecule has 1 amide bonds. The van der Waals surface area contributed by atoms with Gasteiger partial charge in [0.25, 0.3) is 0 Å². The maximum absolute atomic E-state index is 12.2. The standard InChI is InChI=1S/C17H34N2O2/c1-14(2)10-15(6-9-20)12-19-16(21)11-17(13-18)7-4-3-5-8-17/h14-15,20H,3-13,18H2,1-2H3,(H,19,21). The van der Waals surface area contributed by atoms with Gasteiger partial charge < -0.3 is 16.2 Å². The van der Waals surface area contributed by atoms with Gasteiger partial charge in [-0.05, 0) is 49.5 Å². The number of nitrogens with one attached hydrogen (secondary N) is 1. The Morgan fingerprint density at radius 3 is 2.48 bits per heavy atom. The smallest absolute Gasteiger partial charge is 0.220 e. The van der Waals surface area contributed by atoms with Gasteiger partial charge in [0, 0.05) is 19.6 Å². The molecule has 1 unspecified atom stereocenters. The lowest BCUT2D eigenvalue weighted by Gasteiger charge is -2.35. The Hall–Kier alpha value is -0.610. The number of hydrogen-bond acceptors (Lipinski definition) is 3. The fourth-order valence-corrected chi connectivity index (χ4v) is 3.57. The van der Waals surface area contributed by atoms with Crippen molar-refractivity contribution >= 4 is 5.91 Å². The molecule has 1 rings (SSSR count). The molecule has 1 fully saturated rings. The quantitative estimate of drug-likeness (QED) is 0.612. The van der Waals surface area contributed by atoms with Gasteiger partial charge in [0.2, 0.25) is 5.91 Å². The molecule has 21 heavy (non-hydrogen) atoms. The van der Waals surface area contributed by atoms with Crippen molar-refractivity contribution in [1.82, 2.24) is 5.32 Å². The number of hydrogen-bond donors (Lipinski definition) is 3. The van der Waals surface area contributed by atoms with Crippen LogP contribution in [0.1, 0.15) is 65.2 Å². The molecule has 1 aliphatic rings. The van der Waals surface area contributed by atoms with E-state index in [1.807, 2.05) is 0 Å². The number of carbonyl (C=O) groups is 1. The first-order valence-electron chi connectivity index (χ1n) is 8.59. The maximum atomic E-state index is 12.2. The highest BCUT2D eigenvalue weighted by Crippen LogP contribution is 2.38. The summed E-state index contributed by atoms with van der Waals surface area (Å²) in [5, 5.41) is 12.2. The van der Waals surface area contributed by atoms with Crippen LogP contribution in [-0.2, 0) is 4.79 Å². The third kappa shape index (κ3) is 6.79. The van der Waals surface area contributed by atoms with E-state index in [4.69, 9.17) is 10.8 Å². The number of aliphatic hydroxyl groups excluding tert-OH is 1. The van der Waals surface area contributed by atoms with E-state index in [2.05, 4.69) is 19.2 Å². The molecule has 0 bridgehead atoms. The van der Waals surface area contributed by atoms with Crippen LogP contribution in [0.25, 0.3) is 0 Å². The van der Waals surface area contributed by atoms with E-state index in [9.17, 15) is 4.79 Å². The van der Waals surface area contributed by atoms with Crippen LogP contribution in [0.15, 0.2) is 0 Å². The highest BCUT2D eigenvalue weighted by molar-refractivity contribution is 5.76. The molecular weight excluding hydrogens is 264 g/mol. The van der Waals surface area contributed by atoms with Gasteiger partial charge in [0.15, 0.2) is 0 Å². The molecule has 124 valence electrons. The van der Waals surface area contributed by atoms with Crippen LogP contribution in [0, 0.1) is 17.3 Å². The molecule has 0 aromatic carbocycles. The molecule has 0 radical (unpaired) electrons. The van der Waals surface area contributed by atoms with E-state index < -0.39 is 0 Å². The first-order valence-corrected chi connectivity index (χ1v) is 8.59. The zero-order chi connectivity index (χ0) is 15.7. The largest absolute Gasteiger partial charge is 0.396 e. The van der Waals surface area contributed by atoms with E-state index >= 15 is 0 Å². The Morgan fingerprint density at radius 1 is 1.29 bits per heavy atom. The number of aliphatic hydroxyl groups is 1. The first-order chi connectivity index (χ1) is 10.0. The van der Waals surface area contributed by atoms with Crippen molar-refractivity contribution in [1.29, 1.82) is 0 Å². The van der Waals surface area contributed by atoms with Crippen molar-refractivity contribution in [3.63, 3.8) is 0 Å². The minimum absolute atomic E-state index is 0.0346. The topological polar surface area (TPSA) is 75.3 Å². The summed E-state index contributed by atoms with van der Waals surface area (Å²) >= 11 is 0. The summed E-state index contributed by atoms with van der Waals surface area (Å²) in [7, 11) is 0. The minimum atomic E-state index is 0.0346. The summed E-state index contributed by atoms with van der Waals surface area (Å²) < 4.78 is 0. The van der Waals surface area contributed by atoms with E-state index in [1.165, 1.54) is 19.3 Å². The Morgan fingerprint density at radius 2 is 1.95 bits per heavy atom. The van der Waals surface area contributed by atoms with Crippen LogP contribution >= 0.6 is 0 Å². The molecule has 0 aromatic rings. The highest BCUT2D eigenvalue weighted by atomic mass is 16.3. The number of amides is 1. The molecule has 0 heterocycles. The van der Waals surface area contributed by atoms with Gasteiger partial charge in [-0.25, -0.2) is 0 Å². The second-order valence-corrected chi connectivity index (χ2v) is 7.25. The van der Waals surface area contributed by atoms with Crippen LogP contribution in [-0.4, -0.2) is 30.7 Å². The van der Waals surface area contributed by atoms with E-state index in [0.717, 1.165) is 25.7 Å². The highest BCUT2D eigenvalue weighted by Gasteiger charge is 2.32. The third-order valence-corrected chi connectivity index (χ3v) is 4.81. The Labute approximate surface area is 129 Å². The zero-order valence-electron chi connectivity index (χ0n) is 13.9. The first kappa shape index (κ1) is 18.4. The summed E-state index contributed by atoms with van der Waals surface area (Å²) in [6.07, 6.45) is 8.22. The van der Waals surface area contributed by atoms with Crippen molar-refractivity contribution in [2.45, 2.75) is 65.2 Å². The SMILES string of the molecule is CC(C)CC(CCO)CNC(=O)CC1(CN)CCCCC1. The van der Waals surface area contributed by atoms with Crippen molar-refractivity contribution in [2.24, 2.45) is 23.0 Å². The van der Waals surface area contributed by atoms with Crippen molar-refractivity contribution in [2.75, 3.05) is 19.7 Å². The van der Waals surface area contributed by atoms with Gasteiger partial charge in [-0.15, -0.1) is 0 Å². The van der Waals surface area contributed by atoms with Gasteiger partial charge in [-0.1, -0.05) is 33.1 Å². The molecule has 0 aliphatic heterocycles. The summed E-state index contributed by atoms with van der Waals surface area (Å²) in [5.74, 6) is 1.10. The normalized spacial score (nSPS) is 19.5.